The molecule has 0 aliphatic carbocycles. The Labute approximate surface area is 198 Å². The third-order valence-corrected chi connectivity index (χ3v) is 6.41. The van der Waals surface area contributed by atoms with Crippen LogP contribution in [0.4, 0.5) is 5.69 Å². The average Bonchev–Trinajstić information content (AvgIpc) is 2.84. The second kappa shape index (κ2) is 7.97. The number of benzene rings is 3. The molecule has 3 aromatic carbocycles. The number of hydrogen-bond donors (Lipinski definition) is 0. The van der Waals surface area contributed by atoms with Gasteiger partial charge < -0.3 is 18.9 Å². The number of nitro benzene ring substituents is 1. The number of methoxy groups -OCH3 is 2. The SMILES string of the molecule is COc1cccc2c1OC1(C=Cc3c(Br)c([N+](=O)[O-])cc(OC)c3O1)C(c1ccccc1)=C2. The smallest absolute Gasteiger partial charge is 0.299 e. The molecule has 0 bridgehead atoms. The minimum absolute atomic E-state index is 0.120. The Balaban J connectivity index is 1.74. The number of rotatable bonds is 4. The van der Waals surface area contributed by atoms with Crippen LogP contribution in [0.15, 0.2) is 65.1 Å². The van der Waals surface area contributed by atoms with Gasteiger partial charge in [0.15, 0.2) is 23.0 Å². The van der Waals surface area contributed by atoms with Gasteiger partial charge in [-0.3, -0.25) is 10.1 Å². The standard InChI is InChI=1S/C25H18BrNO6/c1-30-20-10-6-9-16-13-18(15-7-4-3-5-8-15)25(32-23(16)20)12-11-17-22(26)19(27(28)29)14-21(31-2)24(17)33-25/h3-14H,1-2H3. The number of nitrogens with zero attached hydrogens (tertiary/aromatic N) is 1. The summed E-state index contributed by atoms with van der Waals surface area (Å²) in [7, 11) is 3.02. The van der Waals surface area contributed by atoms with Gasteiger partial charge in [-0.25, -0.2) is 0 Å². The Morgan fingerprint density at radius 1 is 0.970 bits per heavy atom. The average molecular weight is 508 g/mol. The highest BCUT2D eigenvalue weighted by Gasteiger charge is 2.45. The molecule has 166 valence electrons. The van der Waals surface area contributed by atoms with Crippen LogP contribution in [0.25, 0.3) is 17.7 Å². The summed E-state index contributed by atoms with van der Waals surface area (Å²) in [5.41, 5.74) is 2.89. The Kier molecular flexibility index (Phi) is 5.09. The van der Waals surface area contributed by atoms with E-state index in [9.17, 15) is 10.1 Å². The van der Waals surface area contributed by atoms with E-state index >= 15 is 0 Å². The third kappa shape index (κ3) is 3.34. The summed E-state index contributed by atoms with van der Waals surface area (Å²) in [6.45, 7) is 0. The monoisotopic (exact) mass is 507 g/mol. The molecule has 0 radical (unpaired) electrons. The van der Waals surface area contributed by atoms with Crippen molar-refractivity contribution in [3.63, 3.8) is 0 Å². The van der Waals surface area contributed by atoms with Gasteiger partial charge in [0.1, 0.15) is 4.47 Å². The van der Waals surface area contributed by atoms with Crippen LogP contribution in [0.1, 0.15) is 16.7 Å². The van der Waals surface area contributed by atoms with E-state index in [2.05, 4.69) is 15.9 Å². The van der Waals surface area contributed by atoms with Crippen LogP contribution < -0.4 is 18.9 Å². The second-order valence-electron chi connectivity index (χ2n) is 7.42. The van der Waals surface area contributed by atoms with E-state index in [0.29, 0.717) is 27.3 Å². The molecule has 0 amide bonds. The van der Waals surface area contributed by atoms with Crippen molar-refractivity contribution in [2.75, 3.05) is 14.2 Å². The van der Waals surface area contributed by atoms with Crippen LogP contribution in [0.5, 0.6) is 23.0 Å². The lowest BCUT2D eigenvalue weighted by Gasteiger charge is -2.40. The van der Waals surface area contributed by atoms with Gasteiger partial charge in [0.2, 0.25) is 0 Å². The zero-order chi connectivity index (χ0) is 23.2. The van der Waals surface area contributed by atoms with Crippen molar-refractivity contribution in [1.29, 1.82) is 0 Å². The molecule has 5 rings (SSSR count). The van der Waals surface area contributed by atoms with Crippen molar-refractivity contribution < 1.29 is 23.9 Å². The minimum atomic E-state index is -1.35. The summed E-state index contributed by atoms with van der Waals surface area (Å²) in [5.74, 6) is 0.310. The van der Waals surface area contributed by atoms with Crippen LogP contribution in [-0.4, -0.2) is 24.9 Å². The first-order chi connectivity index (χ1) is 16.0. The van der Waals surface area contributed by atoms with Crippen LogP contribution in [-0.2, 0) is 0 Å². The summed E-state index contributed by atoms with van der Waals surface area (Å²) in [5, 5.41) is 11.5. The molecule has 1 unspecified atom stereocenters. The molecule has 0 aromatic heterocycles. The number of fused-ring (bicyclic) bond motifs is 2. The zero-order valence-corrected chi connectivity index (χ0v) is 19.3. The maximum atomic E-state index is 11.5. The van der Waals surface area contributed by atoms with Gasteiger partial charge in [0.25, 0.3) is 11.5 Å². The maximum Gasteiger partial charge on any atom is 0.299 e. The normalized spacial score (nSPS) is 17.8. The fourth-order valence-electron chi connectivity index (χ4n) is 4.02. The number of hydrogen-bond acceptors (Lipinski definition) is 6. The van der Waals surface area contributed by atoms with E-state index in [0.717, 1.165) is 16.7 Å². The molecule has 2 aliphatic rings. The summed E-state index contributed by atoms with van der Waals surface area (Å²) in [6, 6.07) is 16.7. The summed E-state index contributed by atoms with van der Waals surface area (Å²) in [6.07, 6.45) is 5.49. The molecule has 3 aromatic rings. The van der Waals surface area contributed by atoms with E-state index in [-0.39, 0.29) is 11.4 Å². The number of nitro groups is 1. The molecule has 7 nitrogen and oxygen atoms in total. The lowest BCUT2D eigenvalue weighted by atomic mass is 9.90. The van der Waals surface area contributed by atoms with Crippen LogP contribution in [0.3, 0.4) is 0 Å². The van der Waals surface area contributed by atoms with Crippen molar-refractivity contribution in [2.24, 2.45) is 0 Å². The fraction of sp³-hybridized carbons (Fsp3) is 0.120. The molecule has 2 heterocycles. The molecule has 33 heavy (non-hydrogen) atoms. The maximum absolute atomic E-state index is 11.5. The minimum Gasteiger partial charge on any atom is -0.493 e. The highest BCUT2D eigenvalue weighted by atomic mass is 79.9. The predicted octanol–water partition coefficient (Wildman–Crippen LogP) is 6.11. The molecule has 0 fully saturated rings. The fourth-order valence-corrected chi connectivity index (χ4v) is 4.59. The van der Waals surface area contributed by atoms with Crippen molar-refractivity contribution in [3.05, 3.63) is 92.0 Å². The summed E-state index contributed by atoms with van der Waals surface area (Å²) < 4.78 is 24.3. The number of halogens is 1. The van der Waals surface area contributed by atoms with Crippen molar-refractivity contribution >= 4 is 39.3 Å². The first kappa shape index (κ1) is 21.1. The molecule has 2 aliphatic heterocycles. The Hall–Kier alpha value is -3.78. The molecular formula is C25H18BrNO6. The summed E-state index contributed by atoms with van der Waals surface area (Å²) >= 11 is 3.35. The molecular weight excluding hydrogens is 490 g/mol. The lowest BCUT2D eigenvalue weighted by molar-refractivity contribution is -0.385. The van der Waals surface area contributed by atoms with Crippen molar-refractivity contribution in [3.8, 4) is 23.0 Å². The molecule has 1 spiro atoms. The first-order valence-corrected chi connectivity index (χ1v) is 10.8. The second-order valence-corrected chi connectivity index (χ2v) is 8.21. The zero-order valence-electron chi connectivity index (χ0n) is 17.7. The van der Waals surface area contributed by atoms with E-state index in [1.165, 1.54) is 13.2 Å². The third-order valence-electron chi connectivity index (χ3n) is 5.58. The van der Waals surface area contributed by atoms with E-state index in [1.807, 2.05) is 54.6 Å². The summed E-state index contributed by atoms with van der Waals surface area (Å²) in [4.78, 5) is 11.0. The van der Waals surface area contributed by atoms with Gasteiger partial charge in [0.05, 0.1) is 25.2 Å². The van der Waals surface area contributed by atoms with Crippen LogP contribution >= 0.6 is 15.9 Å². The highest BCUT2D eigenvalue weighted by molar-refractivity contribution is 9.10. The van der Waals surface area contributed by atoms with Crippen molar-refractivity contribution in [2.45, 2.75) is 5.79 Å². The largest absolute Gasteiger partial charge is 0.493 e. The quantitative estimate of drug-likeness (QED) is 0.313. The van der Waals surface area contributed by atoms with Crippen molar-refractivity contribution in [1.82, 2.24) is 0 Å². The molecule has 0 saturated heterocycles. The predicted molar refractivity (Wildman–Crippen MR) is 128 cm³/mol. The van der Waals surface area contributed by atoms with Gasteiger partial charge in [-0.15, -0.1) is 0 Å². The lowest BCUT2D eigenvalue weighted by Crippen LogP contribution is -2.44. The van der Waals surface area contributed by atoms with Gasteiger partial charge >= 0.3 is 0 Å². The van der Waals surface area contributed by atoms with Crippen LogP contribution in [0.2, 0.25) is 0 Å². The molecule has 0 saturated carbocycles. The first-order valence-electron chi connectivity index (χ1n) is 10.0. The highest BCUT2D eigenvalue weighted by Crippen LogP contribution is 2.52. The topological polar surface area (TPSA) is 80.1 Å². The van der Waals surface area contributed by atoms with E-state index in [4.69, 9.17) is 18.9 Å². The van der Waals surface area contributed by atoms with Gasteiger partial charge in [0, 0.05) is 22.8 Å². The number of ether oxygens (including phenoxy) is 4. The molecule has 8 heteroatoms. The van der Waals surface area contributed by atoms with Gasteiger partial charge in [-0.05, 0) is 39.7 Å². The Morgan fingerprint density at radius 2 is 1.70 bits per heavy atom. The number of para-hydroxylation sites is 1. The van der Waals surface area contributed by atoms with E-state index < -0.39 is 10.7 Å². The Bertz CT molecular complexity index is 1330. The van der Waals surface area contributed by atoms with E-state index in [1.54, 1.807) is 19.3 Å². The Morgan fingerprint density at radius 3 is 2.39 bits per heavy atom. The van der Waals surface area contributed by atoms with Crippen LogP contribution in [0, 0.1) is 10.1 Å². The van der Waals surface area contributed by atoms with Gasteiger partial charge in [-0.2, -0.15) is 0 Å². The van der Waals surface area contributed by atoms with Gasteiger partial charge in [-0.1, -0.05) is 42.5 Å². The molecule has 0 N–H and O–H groups in total. The molecule has 1 atom stereocenters.